The highest BCUT2D eigenvalue weighted by atomic mass is 15.0. The van der Waals surface area contributed by atoms with Gasteiger partial charge in [-0.25, -0.2) is 9.97 Å². The van der Waals surface area contributed by atoms with E-state index in [0.29, 0.717) is 12.0 Å². The van der Waals surface area contributed by atoms with Gasteiger partial charge in [-0.2, -0.15) is 0 Å². The van der Waals surface area contributed by atoms with Gasteiger partial charge < -0.3 is 5.32 Å². The van der Waals surface area contributed by atoms with Crippen LogP contribution in [0, 0.1) is 5.92 Å². The third kappa shape index (κ3) is 3.42. The van der Waals surface area contributed by atoms with Crippen molar-refractivity contribution in [2.75, 3.05) is 0 Å². The van der Waals surface area contributed by atoms with E-state index in [1.807, 2.05) is 6.07 Å². The Morgan fingerprint density at radius 3 is 2.43 bits per heavy atom. The van der Waals surface area contributed by atoms with Crippen LogP contribution < -0.4 is 5.32 Å². The van der Waals surface area contributed by atoms with E-state index in [4.69, 9.17) is 0 Å². The van der Waals surface area contributed by atoms with Crippen molar-refractivity contribution in [2.45, 2.75) is 39.8 Å². The van der Waals surface area contributed by atoms with Crippen LogP contribution in [0.2, 0.25) is 0 Å². The Hall–Kier alpha value is -0.960. The van der Waals surface area contributed by atoms with Crippen LogP contribution in [-0.2, 0) is 6.54 Å². The van der Waals surface area contributed by atoms with Crippen LogP contribution in [0.1, 0.15) is 33.0 Å². The molecule has 0 aliphatic heterocycles. The second-order valence-electron chi connectivity index (χ2n) is 3.80. The van der Waals surface area contributed by atoms with Gasteiger partial charge >= 0.3 is 0 Å². The van der Waals surface area contributed by atoms with Crippen molar-refractivity contribution in [3.63, 3.8) is 0 Å². The van der Waals surface area contributed by atoms with Crippen molar-refractivity contribution in [2.24, 2.45) is 5.92 Å². The van der Waals surface area contributed by atoms with Crippen molar-refractivity contribution < 1.29 is 0 Å². The molecule has 1 aromatic rings. The average Bonchev–Trinajstić information content (AvgIpc) is 2.20. The molecular formula is C11H19N3. The fraction of sp³-hybridized carbons (Fsp3) is 0.636. The van der Waals surface area contributed by atoms with E-state index in [0.717, 1.165) is 18.8 Å². The second kappa shape index (κ2) is 5.70. The highest BCUT2D eigenvalue weighted by Crippen LogP contribution is 2.05. The highest BCUT2D eigenvalue weighted by molar-refractivity contribution is 4.88. The zero-order valence-corrected chi connectivity index (χ0v) is 9.20. The molecule has 1 unspecified atom stereocenters. The first-order valence-corrected chi connectivity index (χ1v) is 5.23. The molecule has 78 valence electrons. The molecule has 0 fully saturated rings. The quantitative estimate of drug-likeness (QED) is 0.777. The minimum absolute atomic E-state index is 0.554. The Morgan fingerprint density at radius 2 is 1.93 bits per heavy atom. The maximum absolute atomic E-state index is 4.17. The predicted molar refractivity (Wildman–Crippen MR) is 57.8 cm³/mol. The number of hydrogen-bond donors (Lipinski definition) is 1. The van der Waals surface area contributed by atoms with Gasteiger partial charge in [0.1, 0.15) is 5.82 Å². The molecule has 1 aromatic heterocycles. The minimum atomic E-state index is 0.554. The smallest absolute Gasteiger partial charge is 0.141 e. The zero-order chi connectivity index (χ0) is 10.4. The molecule has 1 atom stereocenters. The lowest BCUT2D eigenvalue weighted by Gasteiger charge is -2.19. The third-order valence-electron chi connectivity index (χ3n) is 2.39. The summed E-state index contributed by atoms with van der Waals surface area (Å²) >= 11 is 0. The SMILES string of the molecule is CCC(NCc1ncccn1)C(C)C. The fourth-order valence-corrected chi connectivity index (χ4v) is 1.50. The number of nitrogens with zero attached hydrogens (tertiary/aromatic N) is 2. The van der Waals surface area contributed by atoms with Crippen LogP contribution in [0.5, 0.6) is 0 Å². The van der Waals surface area contributed by atoms with E-state index in [9.17, 15) is 0 Å². The molecule has 0 radical (unpaired) electrons. The van der Waals surface area contributed by atoms with E-state index in [1.165, 1.54) is 0 Å². The molecule has 0 saturated carbocycles. The molecule has 0 aromatic carbocycles. The van der Waals surface area contributed by atoms with Gasteiger partial charge in [-0.05, 0) is 18.4 Å². The molecule has 3 heteroatoms. The van der Waals surface area contributed by atoms with Crippen molar-refractivity contribution in [3.05, 3.63) is 24.3 Å². The van der Waals surface area contributed by atoms with E-state index >= 15 is 0 Å². The van der Waals surface area contributed by atoms with Gasteiger partial charge in [0.15, 0.2) is 0 Å². The van der Waals surface area contributed by atoms with Crippen LogP contribution in [0.3, 0.4) is 0 Å². The topological polar surface area (TPSA) is 37.8 Å². The van der Waals surface area contributed by atoms with E-state index < -0.39 is 0 Å². The van der Waals surface area contributed by atoms with Crippen LogP contribution in [0.4, 0.5) is 0 Å². The van der Waals surface area contributed by atoms with Gasteiger partial charge in [-0.1, -0.05) is 20.8 Å². The molecular weight excluding hydrogens is 174 g/mol. The molecule has 3 nitrogen and oxygen atoms in total. The number of hydrogen-bond acceptors (Lipinski definition) is 3. The molecule has 0 aliphatic carbocycles. The molecule has 0 amide bonds. The van der Waals surface area contributed by atoms with E-state index in [-0.39, 0.29) is 0 Å². The van der Waals surface area contributed by atoms with Crippen LogP contribution in [0.15, 0.2) is 18.5 Å². The maximum Gasteiger partial charge on any atom is 0.141 e. The second-order valence-corrected chi connectivity index (χ2v) is 3.80. The highest BCUT2D eigenvalue weighted by Gasteiger charge is 2.09. The van der Waals surface area contributed by atoms with Crippen LogP contribution in [-0.4, -0.2) is 16.0 Å². The first-order chi connectivity index (χ1) is 6.74. The molecule has 0 spiro atoms. The third-order valence-corrected chi connectivity index (χ3v) is 2.39. The summed E-state index contributed by atoms with van der Waals surface area (Å²) in [5, 5.41) is 3.46. The van der Waals surface area contributed by atoms with Crippen LogP contribution >= 0.6 is 0 Å². The normalized spacial score (nSPS) is 13.1. The van der Waals surface area contributed by atoms with Gasteiger partial charge in [0.05, 0.1) is 6.54 Å². The summed E-state index contributed by atoms with van der Waals surface area (Å²) in [7, 11) is 0. The van der Waals surface area contributed by atoms with E-state index in [2.05, 4.69) is 36.1 Å². The Balaban J connectivity index is 2.40. The van der Waals surface area contributed by atoms with Crippen molar-refractivity contribution in [1.29, 1.82) is 0 Å². The number of rotatable bonds is 5. The van der Waals surface area contributed by atoms with Crippen molar-refractivity contribution in [3.8, 4) is 0 Å². The van der Waals surface area contributed by atoms with Gasteiger partial charge in [0.25, 0.3) is 0 Å². The van der Waals surface area contributed by atoms with Gasteiger partial charge in [0, 0.05) is 18.4 Å². The average molecular weight is 193 g/mol. The van der Waals surface area contributed by atoms with Crippen molar-refractivity contribution in [1.82, 2.24) is 15.3 Å². The van der Waals surface area contributed by atoms with E-state index in [1.54, 1.807) is 12.4 Å². The lowest BCUT2D eigenvalue weighted by Crippen LogP contribution is -2.33. The summed E-state index contributed by atoms with van der Waals surface area (Å²) < 4.78 is 0. The van der Waals surface area contributed by atoms with Gasteiger partial charge in [-0.3, -0.25) is 0 Å². The number of aromatic nitrogens is 2. The fourth-order valence-electron chi connectivity index (χ4n) is 1.50. The molecule has 0 aliphatic rings. The summed E-state index contributed by atoms with van der Waals surface area (Å²) in [4.78, 5) is 8.34. The summed E-state index contributed by atoms with van der Waals surface area (Å²) in [5.41, 5.74) is 0. The molecule has 14 heavy (non-hydrogen) atoms. The Kier molecular flexibility index (Phi) is 4.53. The largest absolute Gasteiger partial charge is 0.307 e. The summed E-state index contributed by atoms with van der Waals surface area (Å²) in [6.07, 6.45) is 4.70. The van der Waals surface area contributed by atoms with Crippen LogP contribution in [0.25, 0.3) is 0 Å². The molecule has 0 saturated heterocycles. The molecule has 1 heterocycles. The molecule has 1 N–H and O–H groups in total. The standard InChI is InChI=1S/C11H19N3/c1-4-10(9(2)3)14-8-11-12-6-5-7-13-11/h5-7,9-10,14H,4,8H2,1-3H3. The van der Waals surface area contributed by atoms with Crippen molar-refractivity contribution >= 4 is 0 Å². The Morgan fingerprint density at radius 1 is 1.29 bits per heavy atom. The Labute approximate surface area is 86.0 Å². The summed E-state index contributed by atoms with van der Waals surface area (Å²) in [6.45, 7) is 7.42. The number of nitrogens with one attached hydrogen (secondary N) is 1. The van der Waals surface area contributed by atoms with Gasteiger partial charge in [-0.15, -0.1) is 0 Å². The Bertz CT molecular complexity index is 246. The summed E-state index contributed by atoms with van der Waals surface area (Å²) in [5.74, 6) is 1.52. The molecule has 1 rings (SSSR count). The lowest BCUT2D eigenvalue weighted by atomic mass is 10.0. The van der Waals surface area contributed by atoms with Gasteiger partial charge in [0.2, 0.25) is 0 Å². The zero-order valence-electron chi connectivity index (χ0n) is 9.20. The summed E-state index contributed by atoms with van der Waals surface area (Å²) in [6, 6.07) is 2.39. The minimum Gasteiger partial charge on any atom is -0.307 e. The predicted octanol–water partition coefficient (Wildman–Crippen LogP) is 2.00. The first kappa shape index (κ1) is 11.1. The lowest BCUT2D eigenvalue weighted by molar-refractivity contribution is 0.383. The first-order valence-electron chi connectivity index (χ1n) is 5.23. The molecule has 0 bridgehead atoms. The maximum atomic E-state index is 4.17. The monoisotopic (exact) mass is 193 g/mol.